The second-order valence-corrected chi connectivity index (χ2v) is 4.93. The monoisotopic (exact) mass is 326 g/mol. The molecule has 9 heteroatoms. The maximum absolute atomic E-state index is 12.3. The molecule has 3 rings (SSSR count). The highest BCUT2D eigenvalue weighted by Crippen LogP contribution is 2.14. The standard InChI is InChI=1S/C15H14N6O3/c22-13(18-11-3-1-5-16-9-11)20-7-8-21(15(20)24)14(23)19-12-4-2-6-17-10-12/h1-6,9-10H,7-8H2,(H,18,22)(H,19,23). The van der Waals surface area contributed by atoms with Crippen LogP contribution in [0, 0.1) is 0 Å². The first-order valence-corrected chi connectivity index (χ1v) is 7.16. The van der Waals surface area contributed by atoms with E-state index >= 15 is 0 Å². The molecule has 0 unspecified atom stereocenters. The Kier molecular flexibility index (Phi) is 4.32. The van der Waals surface area contributed by atoms with Gasteiger partial charge in [0, 0.05) is 12.4 Å². The van der Waals surface area contributed by atoms with Crippen molar-refractivity contribution in [1.29, 1.82) is 0 Å². The van der Waals surface area contributed by atoms with Crippen molar-refractivity contribution in [2.75, 3.05) is 23.7 Å². The molecule has 2 aromatic heterocycles. The van der Waals surface area contributed by atoms with E-state index in [1.54, 1.807) is 36.7 Å². The zero-order valence-corrected chi connectivity index (χ0v) is 12.5. The van der Waals surface area contributed by atoms with Crippen molar-refractivity contribution in [2.45, 2.75) is 0 Å². The Labute approximate surface area is 137 Å². The first kappa shape index (κ1) is 15.4. The molecule has 24 heavy (non-hydrogen) atoms. The molecule has 0 atom stereocenters. The van der Waals surface area contributed by atoms with Crippen molar-refractivity contribution in [2.24, 2.45) is 0 Å². The number of anilines is 2. The Morgan fingerprint density at radius 1 is 0.875 bits per heavy atom. The van der Waals surface area contributed by atoms with Gasteiger partial charge in [0.15, 0.2) is 0 Å². The molecule has 0 spiro atoms. The van der Waals surface area contributed by atoms with Crippen LogP contribution in [0.15, 0.2) is 49.1 Å². The molecule has 1 aliphatic heterocycles. The molecule has 6 amide bonds. The number of carbonyl (C=O) groups excluding carboxylic acids is 3. The first-order valence-electron chi connectivity index (χ1n) is 7.16. The van der Waals surface area contributed by atoms with E-state index in [1.807, 2.05) is 0 Å². The van der Waals surface area contributed by atoms with Gasteiger partial charge in [-0.25, -0.2) is 24.2 Å². The van der Waals surface area contributed by atoms with E-state index in [0.29, 0.717) is 11.4 Å². The predicted octanol–water partition coefficient (Wildman–Crippen LogP) is 1.98. The smallest absolute Gasteiger partial charge is 0.306 e. The summed E-state index contributed by atoms with van der Waals surface area (Å²) < 4.78 is 0. The average Bonchev–Trinajstić information content (AvgIpc) is 2.98. The van der Waals surface area contributed by atoms with Gasteiger partial charge in [0.05, 0.1) is 36.9 Å². The number of carbonyl (C=O) groups is 3. The van der Waals surface area contributed by atoms with Gasteiger partial charge in [-0.1, -0.05) is 0 Å². The number of hydrogen-bond donors (Lipinski definition) is 2. The summed E-state index contributed by atoms with van der Waals surface area (Å²) in [5.74, 6) is 0. The van der Waals surface area contributed by atoms with Crippen LogP contribution in [0.25, 0.3) is 0 Å². The van der Waals surface area contributed by atoms with Crippen molar-refractivity contribution in [1.82, 2.24) is 19.8 Å². The number of aromatic nitrogens is 2. The van der Waals surface area contributed by atoms with Gasteiger partial charge in [-0.05, 0) is 24.3 Å². The zero-order valence-electron chi connectivity index (χ0n) is 12.5. The van der Waals surface area contributed by atoms with Crippen LogP contribution in [0.1, 0.15) is 0 Å². The van der Waals surface area contributed by atoms with E-state index in [0.717, 1.165) is 9.80 Å². The largest absolute Gasteiger partial charge is 0.336 e. The number of nitrogens with one attached hydrogen (secondary N) is 2. The van der Waals surface area contributed by atoms with Crippen LogP contribution in [0.4, 0.5) is 25.8 Å². The summed E-state index contributed by atoms with van der Waals surface area (Å²) in [7, 11) is 0. The molecule has 1 saturated heterocycles. The summed E-state index contributed by atoms with van der Waals surface area (Å²) in [6.07, 6.45) is 6.07. The molecule has 2 N–H and O–H groups in total. The normalized spacial score (nSPS) is 13.8. The summed E-state index contributed by atoms with van der Waals surface area (Å²) in [5.41, 5.74) is 0.933. The molecule has 122 valence electrons. The van der Waals surface area contributed by atoms with E-state index in [4.69, 9.17) is 0 Å². The molecule has 2 aromatic rings. The third-order valence-electron chi connectivity index (χ3n) is 3.32. The van der Waals surface area contributed by atoms with Crippen LogP contribution in [0.3, 0.4) is 0 Å². The molecular weight excluding hydrogens is 312 g/mol. The Morgan fingerprint density at radius 3 is 1.71 bits per heavy atom. The fourth-order valence-corrected chi connectivity index (χ4v) is 2.17. The summed E-state index contributed by atoms with van der Waals surface area (Å²) in [4.78, 5) is 46.3. The van der Waals surface area contributed by atoms with Crippen LogP contribution in [-0.2, 0) is 0 Å². The number of urea groups is 3. The maximum atomic E-state index is 12.3. The van der Waals surface area contributed by atoms with Gasteiger partial charge in [-0.15, -0.1) is 0 Å². The highest BCUT2D eigenvalue weighted by Gasteiger charge is 2.37. The fraction of sp³-hybridized carbons (Fsp3) is 0.133. The number of rotatable bonds is 2. The minimum absolute atomic E-state index is 0.116. The number of imide groups is 2. The van der Waals surface area contributed by atoms with E-state index < -0.39 is 18.1 Å². The highest BCUT2D eigenvalue weighted by molar-refractivity contribution is 6.08. The van der Waals surface area contributed by atoms with E-state index in [-0.39, 0.29) is 13.1 Å². The molecule has 0 saturated carbocycles. The number of hydrogen-bond acceptors (Lipinski definition) is 5. The van der Waals surface area contributed by atoms with Crippen molar-refractivity contribution < 1.29 is 14.4 Å². The number of nitrogens with zero attached hydrogens (tertiary/aromatic N) is 4. The predicted molar refractivity (Wildman–Crippen MR) is 85.3 cm³/mol. The summed E-state index contributed by atoms with van der Waals surface area (Å²) in [5, 5.41) is 5.12. The SMILES string of the molecule is O=C(Nc1cccnc1)N1CCN(C(=O)Nc2cccnc2)C1=O. The molecule has 0 radical (unpaired) electrons. The minimum Gasteiger partial charge on any atom is -0.306 e. The summed E-state index contributed by atoms with van der Waals surface area (Å²) >= 11 is 0. The van der Waals surface area contributed by atoms with Gasteiger partial charge in [-0.2, -0.15) is 0 Å². The Morgan fingerprint density at radius 2 is 1.33 bits per heavy atom. The van der Waals surface area contributed by atoms with E-state index in [1.165, 1.54) is 12.4 Å². The van der Waals surface area contributed by atoms with Gasteiger partial charge < -0.3 is 10.6 Å². The van der Waals surface area contributed by atoms with Crippen LogP contribution in [0.5, 0.6) is 0 Å². The summed E-state index contributed by atoms with van der Waals surface area (Å²) in [6.45, 7) is 0.233. The lowest BCUT2D eigenvalue weighted by Gasteiger charge is -2.17. The third-order valence-corrected chi connectivity index (χ3v) is 3.32. The van der Waals surface area contributed by atoms with Crippen LogP contribution in [-0.4, -0.2) is 51.0 Å². The second kappa shape index (κ2) is 6.73. The Balaban J connectivity index is 1.62. The van der Waals surface area contributed by atoms with Crippen molar-refractivity contribution in [3.8, 4) is 0 Å². The van der Waals surface area contributed by atoms with Crippen molar-refractivity contribution in [3.05, 3.63) is 49.1 Å². The molecule has 0 aromatic carbocycles. The Hall–Kier alpha value is -3.49. The summed E-state index contributed by atoms with van der Waals surface area (Å²) in [6, 6.07) is 4.73. The van der Waals surface area contributed by atoms with Crippen molar-refractivity contribution in [3.63, 3.8) is 0 Å². The van der Waals surface area contributed by atoms with E-state index in [9.17, 15) is 14.4 Å². The Bertz CT molecular complexity index is 689. The minimum atomic E-state index is -0.683. The molecule has 0 aliphatic carbocycles. The van der Waals surface area contributed by atoms with Gasteiger partial charge in [0.1, 0.15) is 0 Å². The van der Waals surface area contributed by atoms with E-state index in [2.05, 4.69) is 20.6 Å². The molecule has 1 aliphatic rings. The average molecular weight is 326 g/mol. The molecule has 1 fully saturated rings. The lowest BCUT2D eigenvalue weighted by Crippen LogP contribution is -2.42. The van der Waals surface area contributed by atoms with Crippen molar-refractivity contribution >= 4 is 29.5 Å². The maximum Gasteiger partial charge on any atom is 0.336 e. The lowest BCUT2D eigenvalue weighted by molar-refractivity contribution is 0.190. The number of amides is 6. The zero-order chi connectivity index (χ0) is 16.9. The van der Waals surface area contributed by atoms with Crippen LogP contribution >= 0.6 is 0 Å². The highest BCUT2D eigenvalue weighted by atomic mass is 16.2. The molecule has 3 heterocycles. The van der Waals surface area contributed by atoms with Crippen LogP contribution < -0.4 is 10.6 Å². The lowest BCUT2D eigenvalue weighted by atomic mass is 10.4. The van der Waals surface area contributed by atoms with Gasteiger partial charge >= 0.3 is 18.1 Å². The fourth-order valence-electron chi connectivity index (χ4n) is 2.17. The van der Waals surface area contributed by atoms with Gasteiger partial charge in [-0.3, -0.25) is 9.97 Å². The topological polar surface area (TPSA) is 108 Å². The molecule has 0 bridgehead atoms. The molecule has 9 nitrogen and oxygen atoms in total. The third kappa shape index (κ3) is 3.29. The van der Waals surface area contributed by atoms with Gasteiger partial charge in [0.25, 0.3) is 0 Å². The number of pyridine rings is 2. The molecular formula is C15H14N6O3. The second-order valence-electron chi connectivity index (χ2n) is 4.93. The van der Waals surface area contributed by atoms with Gasteiger partial charge in [0.2, 0.25) is 0 Å². The quantitative estimate of drug-likeness (QED) is 0.877. The first-order chi connectivity index (χ1) is 11.6. The van der Waals surface area contributed by atoms with Crippen LogP contribution in [0.2, 0.25) is 0 Å².